The molecule has 3 saturated carbocycles. The van der Waals surface area contributed by atoms with Crippen LogP contribution in [0.3, 0.4) is 0 Å². The Bertz CT molecular complexity index is 1020. The Morgan fingerprint density at radius 3 is 2.31 bits per heavy atom. The lowest BCUT2D eigenvalue weighted by molar-refractivity contribution is -0.199. The van der Waals surface area contributed by atoms with Crippen molar-refractivity contribution < 1.29 is 34.4 Å². The van der Waals surface area contributed by atoms with E-state index in [1.165, 1.54) is 38.5 Å². The van der Waals surface area contributed by atoms with Gasteiger partial charge in [0.05, 0.1) is 18.3 Å². The Kier molecular flexibility index (Phi) is 7.43. The van der Waals surface area contributed by atoms with Gasteiger partial charge < -0.3 is 24.8 Å². The average molecular weight is 547 g/mol. The van der Waals surface area contributed by atoms with Gasteiger partial charge in [-0.1, -0.05) is 85.1 Å². The maximum absolute atomic E-state index is 13.2. The second-order valence-corrected chi connectivity index (χ2v) is 14.2. The Hall–Kier alpha value is -1.28. The first-order valence-electron chi connectivity index (χ1n) is 15.5. The highest BCUT2D eigenvalue weighted by atomic mass is 16.6. The number of hydrogen-bond acceptors (Lipinski definition) is 7. The summed E-state index contributed by atoms with van der Waals surface area (Å²) in [4.78, 5) is 26.3. The minimum Gasteiger partial charge on any atom is -0.458 e. The van der Waals surface area contributed by atoms with Crippen LogP contribution in [-0.4, -0.2) is 62.2 Å². The molecule has 7 nitrogen and oxygen atoms in total. The fourth-order valence-corrected chi connectivity index (χ4v) is 9.25. The van der Waals surface area contributed by atoms with Crippen molar-refractivity contribution in [1.82, 2.24) is 0 Å². The molecule has 4 aliphatic carbocycles. The molecule has 39 heavy (non-hydrogen) atoms. The summed E-state index contributed by atoms with van der Waals surface area (Å²) in [5.74, 6) is -2.39. The van der Waals surface area contributed by atoms with Crippen LogP contribution in [0.2, 0.25) is 0 Å². The molecule has 1 saturated heterocycles. The van der Waals surface area contributed by atoms with Crippen molar-refractivity contribution >= 4 is 11.8 Å². The lowest BCUT2D eigenvalue weighted by Gasteiger charge is -2.51. The molecule has 0 radical (unpaired) electrons. The van der Waals surface area contributed by atoms with Crippen LogP contribution in [0.15, 0.2) is 11.6 Å². The van der Waals surface area contributed by atoms with Gasteiger partial charge in [-0.3, -0.25) is 9.59 Å². The van der Waals surface area contributed by atoms with Gasteiger partial charge in [0.25, 0.3) is 0 Å². The van der Waals surface area contributed by atoms with Gasteiger partial charge in [0, 0.05) is 36.0 Å². The summed E-state index contributed by atoms with van der Waals surface area (Å²) in [6.07, 6.45) is 12.7. The minimum absolute atomic E-state index is 0.0391. The number of carbonyl (C=O) groups excluding carboxylic acids is 2. The summed E-state index contributed by atoms with van der Waals surface area (Å²) in [5, 5.41) is 34.7. The van der Waals surface area contributed by atoms with Crippen LogP contribution in [0.5, 0.6) is 0 Å². The third kappa shape index (κ3) is 4.20. The van der Waals surface area contributed by atoms with E-state index in [1.807, 2.05) is 6.92 Å². The molecule has 0 aromatic rings. The van der Waals surface area contributed by atoms with E-state index >= 15 is 0 Å². The number of ketones is 1. The van der Waals surface area contributed by atoms with Crippen LogP contribution in [0, 0.1) is 29.1 Å². The number of aliphatic hydroxyl groups excluding tert-OH is 1. The maximum Gasteiger partial charge on any atom is 0.306 e. The summed E-state index contributed by atoms with van der Waals surface area (Å²) in [7, 11) is 0. The smallest absolute Gasteiger partial charge is 0.306 e. The molecule has 0 spiro atoms. The summed E-state index contributed by atoms with van der Waals surface area (Å²) < 4.78 is 12.5. The standard InChI is InChI=1S/C32H50O7/c1-6-7-8-9-10-11-12-13-14-15-23(34)38-31-17-21(3)32(37)22-16-20(2)26(35)30(22,36)18-29(19-33)27(39-29)24(32)25(31)28(31,4)5/h16,21-22,24-25,27,33,36-37H,6-15,17-19H2,1-5H3/t21-,22-,24-,25-,27?,29?,30-,31+,32+/m1/s1. The topological polar surface area (TPSA) is 117 Å². The normalized spacial score (nSPS) is 44.9. The first kappa shape index (κ1) is 29.2. The monoisotopic (exact) mass is 546 g/mol. The molecule has 220 valence electrons. The van der Waals surface area contributed by atoms with Crippen molar-refractivity contribution in [3.8, 4) is 0 Å². The zero-order valence-electron chi connectivity index (χ0n) is 24.6. The van der Waals surface area contributed by atoms with Gasteiger partial charge in [0.15, 0.2) is 5.78 Å². The van der Waals surface area contributed by atoms with Crippen molar-refractivity contribution in [2.24, 2.45) is 29.1 Å². The summed E-state index contributed by atoms with van der Waals surface area (Å²) in [6, 6.07) is 0. The number of aliphatic hydroxyl groups is 3. The number of ether oxygens (including phenoxy) is 2. The van der Waals surface area contributed by atoms with E-state index in [0.29, 0.717) is 18.4 Å². The number of unbranched alkanes of at least 4 members (excludes halogenated alkanes) is 8. The second kappa shape index (κ2) is 9.92. The number of Topliss-reactive ketones (excluding diaryl/α,β-unsaturated/α-hetero) is 1. The van der Waals surface area contributed by atoms with Crippen LogP contribution in [0.4, 0.5) is 0 Å². The fraction of sp³-hybridized carbons (Fsp3) is 0.875. The van der Waals surface area contributed by atoms with Crippen LogP contribution in [-0.2, 0) is 19.1 Å². The molecule has 2 unspecified atom stereocenters. The lowest BCUT2D eigenvalue weighted by atomic mass is 9.59. The molecule has 0 bridgehead atoms. The van der Waals surface area contributed by atoms with Crippen LogP contribution in [0.1, 0.15) is 112 Å². The predicted octanol–water partition coefficient (Wildman–Crippen LogP) is 4.64. The van der Waals surface area contributed by atoms with Gasteiger partial charge >= 0.3 is 5.97 Å². The first-order chi connectivity index (χ1) is 18.4. The predicted molar refractivity (Wildman–Crippen MR) is 147 cm³/mol. The minimum atomic E-state index is -1.81. The van der Waals surface area contributed by atoms with Crippen LogP contribution >= 0.6 is 0 Å². The molecule has 7 heteroatoms. The summed E-state index contributed by atoms with van der Waals surface area (Å²) >= 11 is 0. The lowest BCUT2D eigenvalue weighted by Crippen LogP contribution is -2.62. The molecule has 5 aliphatic rings. The molecule has 1 aliphatic heterocycles. The van der Waals surface area contributed by atoms with Gasteiger partial charge in [-0.2, -0.15) is 0 Å². The van der Waals surface area contributed by atoms with Crippen LogP contribution in [0.25, 0.3) is 0 Å². The Balaban J connectivity index is 1.29. The van der Waals surface area contributed by atoms with Crippen molar-refractivity contribution in [2.75, 3.05) is 6.61 Å². The second-order valence-electron chi connectivity index (χ2n) is 14.2. The van der Waals surface area contributed by atoms with E-state index in [0.717, 1.165) is 19.3 Å². The van der Waals surface area contributed by atoms with E-state index in [-0.39, 0.29) is 30.8 Å². The molecule has 1 heterocycles. The molecular weight excluding hydrogens is 496 g/mol. The highest BCUT2D eigenvalue weighted by Crippen LogP contribution is 2.79. The molecule has 3 N–H and O–H groups in total. The summed E-state index contributed by atoms with van der Waals surface area (Å²) in [6.45, 7) is 9.68. The van der Waals surface area contributed by atoms with Crippen molar-refractivity contribution in [3.05, 3.63) is 11.6 Å². The van der Waals surface area contributed by atoms with Crippen molar-refractivity contribution in [2.45, 2.75) is 140 Å². The van der Waals surface area contributed by atoms with Crippen molar-refractivity contribution in [3.63, 3.8) is 0 Å². The van der Waals surface area contributed by atoms with Gasteiger partial charge in [-0.25, -0.2) is 0 Å². The highest BCUT2D eigenvalue weighted by molar-refractivity contribution is 6.04. The zero-order valence-corrected chi connectivity index (χ0v) is 24.6. The Labute approximate surface area is 233 Å². The van der Waals surface area contributed by atoms with E-state index in [2.05, 4.69) is 20.8 Å². The van der Waals surface area contributed by atoms with Crippen LogP contribution < -0.4 is 0 Å². The largest absolute Gasteiger partial charge is 0.458 e. The number of epoxide rings is 1. The number of carbonyl (C=O) groups is 2. The first-order valence-corrected chi connectivity index (χ1v) is 15.5. The van der Waals surface area contributed by atoms with Gasteiger partial charge in [-0.05, 0) is 31.3 Å². The fourth-order valence-electron chi connectivity index (χ4n) is 9.25. The quantitative estimate of drug-likeness (QED) is 0.185. The SMILES string of the molecule is CCCCCCCCCCCC(=O)O[C@@]12C[C@@H](C)[C@@]3(O)[C@@H](C4OC4(CO)C[C@]4(O)C(=O)C(C)=C[C@@H]34)[C@@H]1C2(C)C. The number of fused-ring (bicyclic) bond motifs is 7. The highest BCUT2D eigenvalue weighted by Gasteiger charge is 2.88. The number of rotatable bonds is 12. The van der Waals surface area contributed by atoms with E-state index in [4.69, 9.17) is 9.47 Å². The molecule has 5 rings (SSSR count). The van der Waals surface area contributed by atoms with E-state index in [9.17, 15) is 24.9 Å². The van der Waals surface area contributed by atoms with Gasteiger partial charge in [0.2, 0.25) is 0 Å². The Morgan fingerprint density at radius 2 is 1.69 bits per heavy atom. The van der Waals surface area contributed by atoms with Gasteiger partial charge in [-0.15, -0.1) is 0 Å². The Morgan fingerprint density at radius 1 is 1.08 bits per heavy atom. The third-order valence-corrected chi connectivity index (χ3v) is 11.5. The van der Waals surface area contributed by atoms with E-state index < -0.39 is 51.5 Å². The van der Waals surface area contributed by atoms with Crippen molar-refractivity contribution in [1.29, 1.82) is 0 Å². The molecular formula is C32H50O7. The van der Waals surface area contributed by atoms with Gasteiger partial charge in [0.1, 0.15) is 16.8 Å². The summed E-state index contributed by atoms with van der Waals surface area (Å²) in [5.41, 5.74) is -5.00. The molecule has 0 aromatic carbocycles. The molecule has 0 aromatic heterocycles. The maximum atomic E-state index is 13.2. The van der Waals surface area contributed by atoms with E-state index in [1.54, 1.807) is 13.0 Å². The average Bonchev–Trinajstić information content (AvgIpc) is 3.68. The molecule has 0 amide bonds. The molecule has 9 atom stereocenters. The number of hydrogen-bond donors (Lipinski definition) is 3. The third-order valence-electron chi connectivity index (χ3n) is 11.5. The number of esters is 1. The molecule has 4 fully saturated rings. The zero-order chi connectivity index (χ0) is 28.4.